The van der Waals surface area contributed by atoms with Gasteiger partial charge in [0.15, 0.2) is 9.84 Å². The van der Waals surface area contributed by atoms with E-state index in [1.165, 1.54) is 6.07 Å². The molecule has 2 amide bonds. The lowest BCUT2D eigenvalue weighted by molar-refractivity contribution is -0.376. The molecule has 4 rings (SSSR count). The van der Waals surface area contributed by atoms with Crippen molar-refractivity contribution in [2.75, 3.05) is 11.1 Å². The average molecular weight is 584 g/mol. The Hall–Kier alpha value is -3.40. The number of sulfone groups is 1. The van der Waals surface area contributed by atoms with Crippen molar-refractivity contribution >= 4 is 27.5 Å². The smallest absolute Gasteiger partial charge is 0.430 e. The Kier molecular flexibility index (Phi) is 6.66. The highest BCUT2D eigenvalue weighted by Gasteiger charge is 2.71. The van der Waals surface area contributed by atoms with E-state index in [4.69, 9.17) is 0 Å². The number of nitrogens with zero attached hydrogens (tertiary/aromatic N) is 1. The van der Waals surface area contributed by atoms with Crippen LogP contribution in [0.15, 0.2) is 47.4 Å². The van der Waals surface area contributed by atoms with Gasteiger partial charge in [0.05, 0.1) is 17.2 Å². The second-order valence-electron chi connectivity index (χ2n) is 9.36. The van der Waals surface area contributed by atoms with Crippen LogP contribution in [0.3, 0.4) is 0 Å². The third-order valence-corrected chi connectivity index (χ3v) is 8.42. The van der Waals surface area contributed by atoms with Gasteiger partial charge < -0.3 is 15.5 Å². The van der Waals surface area contributed by atoms with E-state index in [1.54, 1.807) is 0 Å². The van der Waals surface area contributed by atoms with Crippen LogP contribution in [0, 0.1) is 0 Å². The molecule has 8 nitrogen and oxygen atoms in total. The molecule has 0 aromatic heterocycles. The minimum Gasteiger partial charge on any atom is -0.465 e. The number of carboxylic acid groups (broad SMARTS) is 1. The van der Waals surface area contributed by atoms with Crippen LogP contribution < -0.4 is 5.32 Å². The van der Waals surface area contributed by atoms with E-state index >= 15 is 0 Å². The van der Waals surface area contributed by atoms with Crippen molar-refractivity contribution in [2.45, 2.75) is 53.9 Å². The first-order valence-corrected chi connectivity index (χ1v) is 12.8. The lowest BCUT2D eigenvalue weighted by atomic mass is 9.92. The number of alkyl halides is 7. The van der Waals surface area contributed by atoms with Gasteiger partial charge in [-0.15, -0.1) is 0 Å². The first-order chi connectivity index (χ1) is 17.8. The molecule has 2 aromatic carbocycles. The van der Waals surface area contributed by atoms with Gasteiger partial charge in [-0.2, -0.15) is 26.3 Å². The van der Waals surface area contributed by atoms with E-state index in [1.807, 2.05) is 0 Å². The molecule has 3 N–H and O–H groups in total. The largest absolute Gasteiger partial charge is 0.465 e. The summed E-state index contributed by atoms with van der Waals surface area (Å²) in [4.78, 5) is 25.2. The lowest BCUT2D eigenvalue weighted by Crippen LogP contribution is -2.53. The normalized spacial score (nSPS) is 19.0. The maximum Gasteiger partial charge on any atom is 0.430 e. The Morgan fingerprint density at radius 1 is 1.00 bits per heavy atom. The van der Waals surface area contributed by atoms with Crippen LogP contribution in [0.5, 0.6) is 0 Å². The Balaban J connectivity index is 1.59. The van der Waals surface area contributed by atoms with Gasteiger partial charge >= 0.3 is 18.4 Å². The zero-order valence-electron chi connectivity index (χ0n) is 19.5. The molecule has 1 atom stereocenters. The van der Waals surface area contributed by atoms with Crippen molar-refractivity contribution < 1.29 is 59.0 Å². The zero-order valence-corrected chi connectivity index (χ0v) is 20.3. The number of carbonyl (C=O) groups excluding carboxylic acids is 1. The van der Waals surface area contributed by atoms with E-state index < -0.39 is 69.4 Å². The maximum absolute atomic E-state index is 14.1. The first kappa shape index (κ1) is 28.6. The highest BCUT2D eigenvalue weighted by molar-refractivity contribution is 7.91. The fourth-order valence-corrected chi connectivity index (χ4v) is 6.01. The summed E-state index contributed by atoms with van der Waals surface area (Å²) in [6.07, 6.45) is -13.6. The molecule has 212 valence electrons. The van der Waals surface area contributed by atoms with Gasteiger partial charge in [0.2, 0.25) is 0 Å². The van der Waals surface area contributed by atoms with Gasteiger partial charge in [-0.25, -0.2) is 17.6 Å². The topological polar surface area (TPSA) is 124 Å². The molecule has 1 unspecified atom stereocenters. The summed E-state index contributed by atoms with van der Waals surface area (Å²) >= 11 is 0. The summed E-state index contributed by atoms with van der Waals surface area (Å²) in [5.74, 6) is -1.79. The van der Waals surface area contributed by atoms with Crippen LogP contribution in [0.2, 0.25) is 0 Å². The summed E-state index contributed by atoms with van der Waals surface area (Å²) < 4.78 is 118. The van der Waals surface area contributed by atoms with Crippen LogP contribution in [-0.4, -0.2) is 59.3 Å². The molecule has 16 heteroatoms. The third kappa shape index (κ3) is 5.14. The predicted molar refractivity (Wildman–Crippen MR) is 119 cm³/mol. The number of rotatable bonds is 6. The first-order valence-electron chi connectivity index (χ1n) is 11.1. The van der Waals surface area contributed by atoms with Crippen LogP contribution >= 0.6 is 0 Å². The SMILES string of the molecule is O=C(Nc1ccc(C(O)(C(F)(F)F)C(F)(F)F)cc1)C1c2ccc(S(=O)(=O)CC3(F)CC3)cc2CN1C(=O)O. The molecule has 1 saturated carbocycles. The molecule has 2 aliphatic rings. The molecule has 39 heavy (non-hydrogen) atoms. The van der Waals surface area contributed by atoms with Gasteiger partial charge in [0, 0.05) is 11.3 Å². The quantitative estimate of drug-likeness (QED) is 0.432. The molecule has 1 heterocycles. The van der Waals surface area contributed by atoms with Crippen molar-refractivity contribution in [3.8, 4) is 0 Å². The van der Waals surface area contributed by atoms with Gasteiger partial charge in [-0.3, -0.25) is 9.69 Å². The third-order valence-electron chi connectivity index (χ3n) is 6.55. The predicted octanol–water partition coefficient (Wildman–Crippen LogP) is 4.45. The van der Waals surface area contributed by atoms with Gasteiger partial charge in [-0.05, 0) is 48.2 Å². The average Bonchev–Trinajstić information content (AvgIpc) is 3.38. The maximum atomic E-state index is 14.1. The molecular weight excluding hydrogens is 565 g/mol. The van der Waals surface area contributed by atoms with Crippen LogP contribution in [0.25, 0.3) is 0 Å². The zero-order chi connectivity index (χ0) is 29.2. The van der Waals surface area contributed by atoms with Crippen LogP contribution in [0.1, 0.15) is 35.6 Å². The molecule has 0 bridgehead atoms. The van der Waals surface area contributed by atoms with Gasteiger partial charge in [0.1, 0.15) is 11.7 Å². The fraction of sp³-hybridized carbons (Fsp3) is 0.391. The number of fused-ring (bicyclic) bond motifs is 1. The van der Waals surface area contributed by atoms with Crippen LogP contribution in [-0.2, 0) is 26.8 Å². The number of benzene rings is 2. The van der Waals surface area contributed by atoms with Gasteiger partial charge in [0.25, 0.3) is 11.5 Å². The standard InChI is InChI=1S/C23H19F7N2O6S/c24-20(7-8-20)11-39(37,38)15-5-6-16-12(9-15)10-32(19(34)35)17(16)18(33)31-14-3-1-13(2-4-14)21(36,22(25,26)27)23(28,29)30/h1-6,9,17,36H,7-8,10-11H2,(H,31,33)(H,34,35). The van der Waals surface area contributed by atoms with E-state index in [0.29, 0.717) is 29.2 Å². The van der Waals surface area contributed by atoms with E-state index in [9.17, 15) is 59.0 Å². The number of amides is 2. The summed E-state index contributed by atoms with van der Waals surface area (Å²) in [5, 5.41) is 21.2. The molecule has 0 radical (unpaired) electrons. The number of hydrogen-bond acceptors (Lipinski definition) is 5. The molecule has 2 aromatic rings. The van der Waals surface area contributed by atoms with Crippen molar-refractivity contribution in [2.24, 2.45) is 0 Å². The van der Waals surface area contributed by atoms with E-state index in [2.05, 4.69) is 5.32 Å². The monoisotopic (exact) mass is 584 g/mol. The fourth-order valence-electron chi connectivity index (χ4n) is 4.28. The van der Waals surface area contributed by atoms with Gasteiger partial charge in [-0.1, -0.05) is 18.2 Å². The second kappa shape index (κ2) is 9.08. The number of hydrogen-bond donors (Lipinski definition) is 3. The molecular formula is C23H19F7N2O6S. The number of carbonyl (C=O) groups is 2. The molecule has 0 spiro atoms. The lowest BCUT2D eigenvalue weighted by Gasteiger charge is -2.32. The highest BCUT2D eigenvalue weighted by Crippen LogP contribution is 2.50. The number of aliphatic hydroxyl groups is 1. The highest BCUT2D eigenvalue weighted by atomic mass is 32.2. The minimum absolute atomic E-state index is 0.0790. The molecule has 1 fully saturated rings. The van der Waals surface area contributed by atoms with E-state index in [-0.39, 0.29) is 34.6 Å². The van der Waals surface area contributed by atoms with Crippen molar-refractivity contribution in [1.82, 2.24) is 4.90 Å². The molecule has 1 aliphatic carbocycles. The number of halogens is 7. The summed E-state index contributed by atoms with van der Waals surface area (Å²) in [6.45, 7) is -0.421. The Morgan fingerprint density at radius 2 is 1.56 bits per heavy atom. The second-order valence-corrected chi connectivity index (χ2v) is 11.3. The van der Waals surface area contributed by atoms with Crippen molar-refractivity contribution in [3.05, 3.63) is 59.2 Å². The number of anilines is 1. The van der Waals surface area contributed by atoms with E-state index in [0.717, 1.165) is 12.1 Å². The van der Waals surface area contributed by atoms with Crippen LogP contribution in [0.4, 0.5) is 41.2 Å². The summed E-state index contributed by atoms with van der Waals surface area (Å²) in [6, 6.07) is 3.80. The molecule has 1 aliphatic heterocycles. The summed E-state index contributed by atoms with van der Waals surface area (Å²) in [5.41, 5.74) is -8.65. The summed E-state index contributed by atoms with van der Waals surface area (Å²) in [7, 11) is -4.06. The minimum atomic E-state index is -6.11. The van der Waals surface area contributed by atoms with Crippen molar-refractivity contribution in [3.63, 3.8) is 0 Å². The Bertz CT molecular complexity index is 1410. The number of nitrogens with one attached hydrogen (secondary N) is 1. The van der Waals surface area contributed by atoms with Crippen molar-refractivity contribution in [1.29, 1.82) is 0 Å². The molecule has 0 saturated heterocycles. The Labute approximate surface area is 215 Å². The Morgan fingerprint density at radius 3 is 2.05 bits per heavy atom.